The van der Waals surface area contributed by atoms with Gasteiger partial charge in [0.15, 0.2) is 15.7 Å². The van der Waals surface area contributed by atoms with E-state index in [2.05, 4.69) is 14.7 Å². The number of imidazole rings is 1. The maximum absolute atomic E-state index is 14.3. The fourth-order valence-electron chi connectivity index (χ4n) is 2.91. The molecule has 0 amide bonds. The van der Waals surface area contributed by atoms with Gasteiger partial charge < -0.3 is 9.72 Å². The maximum atomic E-state index is 14.3. The lowest BCUT2D eigenvalue weighted by Gasteiger charge is -2.12. The Morgan fingerprint density at radius 3 is 2.23 bits per heavy atom. The average Bonchev–Trinajstić information content (AvgIpc) is 3.07. The third-order valence-corrected chi connectivity index (χ3v) is 5.35. The second-order valence-corrected chi connectivity index (χ2v) is 8.58. The van der Waals surface area contributed by atoms with E-state index in [-0.39, 0.29) is 28.1 Å². The van der Waals surface area contributed by atoms with Crippen molar-refractivity contribution in [1.82, 2.24) is 9.97 Å². The molecule has 0 aliphatic carbocycles. The molecule has 3 rings (SSSR count). The van der Waals surface area contributed by atoms with Gasteiger partial charge in [-0.05, 0) is 42.8 Å². The van der Waals surface area contributed by atoms with Crippen LogP contribution in [0.2, 0.25) is 0 Å². The molecular weight excluding hydrogens is 450 g/mol. The Morgan fingerprint density at radius 2 is 1.71 bits per heavy atom. The van der Waals surface area contributed by atoms with Crippen molar-refractivity contribution in [3.05, 3.63) is 53.6 Å². The van der Waals surface area contributed by atoms with Crippen molar-refractivity contribution in [3.8, 4) is 28.3 Å². The summed E-state index contributed by atoms with van der Waals surface area (Å²) < 4.78 is 105. The lowest BCUT2D eigenvalue weighted by molar-refractivity contribution is -0.274. The number of hydrogen-bond donors (Lipinski definition) is 1. The van der Waals surface area contributed by atoms with Gasteiger partial charge in [0.25, 0.3) is 6.43 Å². The summed E-state index contributed by atoms with van der Waals surface area (Å²) >= 11 is 0. The van der Waals surface area contributed by atoms with Crippen LogP contribution in [-0.2, 0) is 9.84 Å². The summed E-state index contributed by atoms with van der Waals surface area (Å²) in [4.78, 5) is 5.58. The van der Waals surface area contributed by atoms with Crippen molar-refractivity contribution >= 4 is 9.84 Å². The van der Waals surface area contributed by atoms with Crippen LogP contribution in [0.1, 0.15) is 17.8 Å². The van der Waals surface area contributed by atoms with E-state index >= 15 is 0 Å². The molecular formula is C19H14F6N2O3S. The van der Waals surface area contributed by atoms with Crippen LogP contribution in [0.15, 0.2) is 41.3 Å². The number of alkyl halides is 5. The number of nitrogens with zero attached hydrogens (tertiary/aromatic N) is 1. The summed E-state index contributed by atoms with van der Waals surface area (Å²) in [7, 11) is -3.86. The topological polar surface area (TPSA) is 72.0 Å². The quantitative estimate of drug-likeness (QED) is 0.511. The number of sulfone groups is 1. The molecule has 3 aromatic rings. The van der Waals surface area contributed by atoms with Crippen molar-refractivity contribution in [2.75, 3.05) is 6.26 Å². The fraction of sp³-hybridized carbons (Fsp3) is 0.211. The van der Waals surface area contributed by atoms with Crippen LogP contribution >= 0.6 is 0 Å². The summed E-state index contributed by atoms with van der Waals surface area (Å²) in [6, 6.07) is 6.47. The molecule has 0 aliphatic rings. The van der Waals surface area contributed by atoms with Crippen molar-refractivity contribution in [2.24, 2.45) is 0 Å². The van der Waals surface area contributed by atoms with Crippen LogP contribution in [-0.4, -0.2) is 31.0 Å². The molecule has 5 nitrogen and oxygen atoms in total. The highest BCUT2D eigenvalue weighted by Crippen LogP contribution is 2.36. The predicted octanol–water partition coefficient (Wildman–Crippen LogP) is 5.43. The fourth-order valence-corrected chi connectivity index (χ4v) is 3.63. The van der Waals surface area contributed by atoms with Crippen LogP contribution in [0, 0.1) is 12.7 Å². The zero-order valence-electron chi connectivity index (χ0n) is 15.9. The Labute approximate surface area is 172 Å². The molecule has 1 heterocycles. The first kappa shape index (κ1) is 22.7. The molecule has 2 aromatic carbocycles. The predicted molar refractivity (Wildman–Crippen MR) is 98.9 cm³/mol. The van der Waals surface area contributed by atoms with Crippen LogP contribution in [0.5, 0.6) is 5.75 Å². The molecule has 1 aromatic heterocycles. The van der Waals surface area contributed by atoms with Gasteiger partial charge in [-0.25, -0.2) is 26.6 Å². The normalized spacial score (nSPS) is 12.4. The summed E-state index contributed by atoms with van der Waals surface area (Å²) in [5.74, 6) is -2.32. The number of nitrogens with one attached hydrogen (secondary N) is 1. The molecule has 0 aliphatic heterocycles. The number of ether oxygens (including phenoxy) is 1. The highest BCUT2D eigenvalue weighted by Gasteiger charge is 2.32. The molecule has 0 radical (unpaired) electrons. The number of rotatable bonds is 5. The van der Waals surface area contributed by atoms with E-state index < -0.39 is 44.9 Å². The zero-order chi connectivity index (χ0) is 23.1. The number of aromatic amines is 1. The molecule has 0 spiro atoms. The van der Waals surface area contributed by atoms with Crippen LogP contribution in [0.3, 0.4) is 0 Å². The minimum Gasteiger partial charge on any atom is -0.406 e. The second kappa shape index (κ2) is 7.91. The van der Waals surface area contributed by atoms with Gasteiger partial charge in [-0.3, -0.25) is 0 Å². The Kier molecular flexibility index (Phi) is 5.78. The molecule has 0 bridgehead atoms. The van der Waals surface area contributed by atoms with Gasteiger partial charge in [0, 0.05) is 17.4 Å². The van der Waals surface area contributed by atoms with Gasteiger partial charge in [0.2, 0.25) is 0 Å². The number of aromatic nitrogens is 2. The van der Waals surface area contributed by atoms with Crippen LogP contribution < -0.4 is 4.74 Å². The van der Waals surface area contributed by atoms with Gasteiger partial charge in [0.05, 0.1) is 11.4 Å². The monoisotopic (exact) mass is 464 g/mol. The lowest BCUT2D eigenvalue weighted by Crippen LogP contribution is -2.17. The van der Waals surface area contributed by atoms with E-state index in [1.165, 1.54) is 25.1 Å². The average molecular weight is 464 g/mol. The van der Waals surface area contributed by atoms with Crippen molar-refractivity contribution < 1.29 is 39.5 Å². The third-order valence-electron chi connectivity index (χ3n) is 4.22. The Bertz CT molecular complexity index is 1240. The van der Waals surface area contributed by atoms with Crippen LogP contribution in [0.25, 0.3) is 22.5 Å². The molecule has 12 heteroatoms. The van der Waals surface area contributed by atoms with E-state index in [1.54, 1.807) is 0 Å². The molecule has 0 saturated heterocycles. The zero-order valence-corrected chi connectivity index (χ0v) is 16.7. The number of hydrogen-bond acceptors (Lipinski definition) is 4. The summed E-state index contributed by atoms with van der Waals surface area (Å²) in [5.41, 5.74) is 0.111. The lowest BCUT2D eigenvalue weighted by atomic mass is 10.0. The van der Waals surface area contributed by atoms with E-state index in [4.69, 9.17) is 0 Å². The number of benzene rings is 2. The molecule has 0 unspecified atom stereocenters. The standard InChI is InChI=1S/C19H14F6N2O3S/c1-9-7-10(3-5-13(9)30-19(23,24)25)15-16(27-18(26-15)17(21)22)11-4-6-14(12(20)8-11)31(2,28)29/h3-8,17H,1-2H3,(H,26,27). The largest absolute Gasteiger partial charge is 0.573 e. The number of halogens is 6. The van der Waals surface area contributed by atoms with Gasteiger partial charge in [-0.1, -0.05) is 6.07 Å². The minimum absolute atomic E-state index is 0.00341. The maximum Gasteiger partial charge on any atom is 0.573 e. The summed E-state index contributed by atoms with van der Waals surface area (Å²) in [6.07, 6.45) is -7.11. The first-order valence-corrected chi connectivity index (χ1v) is 10.4. The highest BCUT2D eigenvalue weighted by atomic mass is 32.2. The van der Waals surface area contributed by atoms with E-state index in [0.717, 1.165) is 24.5 Å². The van der Waals surface area contributed by atoms with Gasteiger partial charge in [0.1, 0.15) is 16.5 Å². The third kappa shape index (κ3) is 5.01. The molecule has 31 heavy (non-hydrogen) atoms. The van der Waals surface area contributed by atoms with Gasteiger partial charge >= 0.3 is 6.36 Å². The number of H-pyrrole nitrogens is 1. The van der Waals surface area contributed by atoms with Crippen LogP contribution in [0.4, 0.5) is 26.3 Å². The molecule has 0 fully saturated rings. The van der Waals surface area contributed by atoms with Crippen molar-refractivity contribution in [2.45, 2.75) is 24.6 Å². The molecule has 0 saturated carbocycles. The van der Waals surface area contributed by atoms with Crippen molar-refractivity contribution in [1.29, 1.82) is 0 Å². The molecule has 1 N–H and O–H groups in total. The molecule has 0 atom stereocenters. The Hall–Kier alpha value is -3.02. The Balaban J connectivity index is 2.13. The minimum atomic E-state index is -4.91. The second-order valence-electron chi connectivity index (χ2n) is 6.59. The van der Waals surface area contributed by atoms with Gasteiger partial charge in [-0.15, -0.1) is 13.2 Å². The number of aryl methyl sites for hydroxylation is 1. The highest BCUT2D eigenvalue weighted by molar-refractivity contribution is 7.90. The summed E-state index contributed by atoms with van der Waals surface area (Å²) in [5, 5.41) is 0. The first-order chi connectivity index (χ1) is 14.3. The molecule has 166 valence electrons. The van der Waals surface area contributed by atoms with Gasteiger partial charge in [-0.2, -0.15) is 0 Å². The Morgan fingerprint density at radius 1 is 1.06 bits per heavy atom. The smallest absolute Gasteiger partial charge is 0.406 e. The summed E-state index contributed by atoms with van der Waals surface area (Å²) in [6.45, 7) is 1.33. The SMILES string of the molecule is Cc1cc(-c2[nH]c(C(F)F)nc2-c2ccc(S(C)(=O)=O)c(F)c2)ccc1OC(F)(F)F. The van der Waals surface area contributed by atoms with E-state index in [9.17, 15) is 34.8 Å². The van der Waals surface area contributed by atoms with E-state index in [1.807, 2.05) is 0 Å². The first-order valence-electron chi connectivity index (χ1n) is 8.51. The van der Waals surface area contributed by atoms with E-state index in [0.29, 0.717) is 0 Å². The van der Waals surface area contributed by atoms with Crippen molar-refractivity contribution in [3.63, 3.8) is 0 Å².